The van der Waals surface area contributed by atoms with Gasteiger partial charge in [-0.05, 0) is 24.1 Å². The van der Waals surface area contributed by atoms with Gasteiger partial charge in [-0.25, -0.2) is 0 Å². The Balaban J connectivity index is 2.55. The van der Waals surface area contributed by atoms with Crippen molar-refractivity contribution in [1.82, 2.24) is 0 Å². The molecule has 2 N–H and O–H groups in total. The molecule has 21 heavy (non-hydrogen) atoms. The number of carboxylic acids is 1. The lowest BCUT2D eigenvalue weighted by molar-refractivity contribution is -0.308. The predicted octanol–water partition coefficient (Wildman–Crippen LogP) is 1.35. The Kier molecular flexibility index (Phi) is 7.29. The number of amides is 1. The van der Waals surface area contributed by atoms with E-state index in [4.69, 9.17) is 10.5 Å². The van der Waals surface area contributed by atoms with E-state index in [0.29, 0.717) is 17.9 Å². The van der Waals surface area contributed by atoms with E-state index >= 15 is 0 Å². The number of benzene rings is 1. The maximum atomic E-state index is 11.0. The van der Waals surface area contributed by atoms with Gasteiger partial charge in [-0.3, -0.25) is 4.79 Å². The highest BCUT2D eigenvalue weighted by Gasteiger charge is 2.15. The van der Waals surface area contributed by atoms with Crippen LogP contribution in [0.2, 0.25) is 0 Å². The summed E-state index contributed by atoms with van der Waals surface area (Å²) in [6.07, 6.45) is 4.25. The normalized spacial score (nSPS) is 11.9. The highest BCUT2D eigenvalue weighted by molar-refractivity contribution is 5.83. The Morgan fingerprint density at radius 3 is 2.38 bits per heavy atom. The summed E-state index contributed by atoms with van der Waals surface area (Å²) in [5.74, 6) is -2.30. The molecule has 0 saturated carbocycles. The third-order valence-electron chi connectivity index (χ3n) is 3.24. The molecule has 1 aromatic carbocycles. The summed E-state index contributed by atoms with van der Waals surface area (Å²) >= 11 is 0. The lowest BCUT2D eigenvalue weighted by atomic mass is 9.95. The van der Waals surface area contributed by atoms with Gasteiger partial charge >= 0.3 is 0 Å². The maximum absolute atomic E-state index is 11.0. The molecule has 1 rings (SSSR count). The number of ether oxygens (including phenoxy) is 1. The third-order valence-corrected chi connectivity index (χ3v) is 3.24. The van der Waals surface area contributed by atoms with E-state index in [1.807, 2.05) is 0 Å². The largest absolute Gasteiger partial charge is 0.549 e. The molecule has 1 aromatic rings. The van der Waals surface area contributed by atoms with Crippen LogP contribution < -0.4 is 15.6 Å². The van der Waals surface area contributed by atoms with Crippen molar-refractivity contribution < 1.29 is 19.4 Å². The van der Waals surface area contributed by atoms with Gasteiger partial charge < -0.3 is 20.4 Å². The molecule has 0 heterocycles. The van der Waals surface area contributed by atoms with Crippen LogP contribution in [0.25, 0.3) is 0 Å². The minimum absolute atomic E-state index is 0.264. The summed E-state index contributed by atoms with van der Waals surface area (Å²) in [6.45, 7) is 2.80. The monoisotopic (exact) mass is 292 g/mol. The van der Waals surface area contributed by atoms with Crippen LogP contribution in [0.4, 0.5) is 0 Å². The highest BCUT2D eigenvalue weighted by atomic mass is 16.5. The molecule has 0 spiro atoms. The zero-order valence-electron chi connectivity index (χ0n) is 12.3. The van der Waals surface area contributed by atoms with Crippen molar-refractivity contribution in [3.8, 4) is 5.75 Å². The number of nitrogens with two attached hydrogens (primary N) is 1. The fraction of sp³-hybridized carbons (Fsp3) is 0.500. The van der Waals surface area contributed by atoms with Gasteiger partial charge in [-0.1, -0.05) is 38.3 Å². The highest BCUT2D eigenvalue weighted by Crippen LogP contribution is 2.22. The average molecular weight is 292 g/mol. The van der Waals surface area contributed by atoms with E-state index in [9.17, 15) is 14.7 Å². The Morgan fingerprint density at radius 1 is 1.19 bits per heavy atom. The number of carbonyl (C=O) groups excluding carboxylic acids is 2. The Hall–Kier alpha value is -2.04. The molecule has 0 aromatic heterocycles. The maximum Gasteiger partial charge on any atom is 0.218 e. The first-order valence-electron chi connectivity index (χ1n) is 7.26. The SMILES string of the molecule is CCCCCCOc1ccc([C@@H](CC(N)=O)C(=O)[O-])cc1. The van der Waals surface area contributed by atoms with Crippen molar-refractivity contribution >= 4 is 11.9 Å². The topological polar surface area (TPSA) is 92.5 Å². The number of hydrogen-bond donors (Lipinski definition) is 1. The Bertz CT molecular complexity index is 456. The van der Waals surface area contributed by atoms with Gasteiger partial charge in [0.15, 0.2) is 0 Å². The zero-order chi connectivity index (χ0) is 15.7. The molecule has 5 heteroatoms. The van der Waals surface area contributed by atoms with Crippen molar-refractivity contribution in [2.24, 2.45) is 5.73 Å². The Labute approximate surface area is 125 Å². The second-order valence-corrected chi connectivity index (χ2v) is 5.02. The van der Waals surface area contributed by atoms with Crippen LogP contribution >= 0.6 is 0 Å². The van der Waals surface area contributed by atoms with Crippen LogP contribution in [-0.4, -0.2) is 18.5 Å². The van der Waals surface area contributed by atoms with Gasteiger partial charge in [0.1, 0.15) is 5.75 Å². The van der Waals surface area contributed by atoms with Crippen molar-refractivity contribution in [3.05, 3.63) is 29.8 Å². The van der Waals surface area contributed by atoms with Gasteiger partial charge in [0.2, 0.25) is 5.91 Å². The number of rotatable bonds is 10. The number of unbranched alkanes of at least 4 members (excludes halogenated alkanes) is 3. The quantitative estimate of drug-likeness (QED) is 0.659. The molecule has 116 valence electrons. The van der Waals surface area contributed by atoms with E-state index in [-0.39, 0.29) is 6.42 Å². The summed E-state index contributed by atoms with van der Waals surface area (Å²) in [5.41, 5.74) is 5.54. The van der Waals surface area contributed by atoms with E-state index < -0.39 is 17.8 Å². The first-order valence-corrected chi connectivity index (χ1v) is 7.26. The number of aliphatic carboxylic acids is 1. The number of hydrogen-bond acceptors (Lipinski definition) is 4. The second kappa shape index (κ2) is 9.00. The van der Waals surface area contributed by atoms with Crippen LogP contribution in [0.15, 0.2) is 24.3 Å². The van der Waals surface area contributed by atoms with Crippen molar-refractivity contribution in [2.75, 3.05) is 6.61 Å². The van der Waals surface area contributed by atoms with Crippen molar-refractivity contribution in [1.29, 1.82) is 0 Å². The van der Waals surface area contributed by atoms with E-state index in [0.717, 1.165) is 12.8 Å². The molecule has 0 aliphatic heterocycles. The summed E-state index contributed by atoms with van der Waals surface area (Å²) in [6, 6.07) is 6.66. The molecule has 0 fully saturated rings. The van der Waals surface area contributed by atoms with Crippen LogP contribution in [0.1, 0.15) is 50.5 Å². The van der Waals surface area contributed by atoms with Gasteiger partial charge in [0.25, 0.3) is 0 Å². The molecule has 1 amide bonds. The second-order valence-electron chi connectivity index (χ2n) is 5.02. The van der Waals surface area contributed by atoms with E-state index in [1.54, 1.807) is 24.3 Å². The summed E-state index contributed by atoms with van der Waals surface area (Å²) in [7, 11) is 0. The van der Waals surface area contributed by atoms with Gasteiger partial charge in [0, 0.05) is 18.3 Å². The fourth-order valence-electron chi connectivity index (χ4n) is 2.05. The van der Waals surface area contributed by atoms with Crippen molar-refractivity contribution in [3.63, 3.8) is 0 Å². The summed E-state index contributed by atoms with van der Waals surface area (Å²) in [4.78, 5) is 21.9. The standard InChI is InChI=1S/C16H23NO4/c1-2-3-4-5-10-21-13-8-6-12(7-9-13)14(16(19)20)11-15(17)18/h6-9,14H,2-5,10-11H2,1H3,(H2,17,18)(H,19,20)/p-1/t14-/m1/s1. The number of carboxylic acid groups (broad SMARTS) is 1. The van der Waals surface area contributed by atoms with Gasteiger partial charge in [0.05, 0.1) is 6.61 Å². The summed E-state index contributed by atoms with van der Waals surface area (Å²) in [5, 5.41) is 11.0. The molecule has 1 atom stereocenters. The van der Waals surface area contributed by atoms with E-state index in [2.05, 4.69) is 6.92 Å². The lowest BCUT2D eigenvalue weighted by Crippen LogP contribution is -2.32. The van der Waals surface area contributed by atoms with Crippen LogP contribution in [0.3, 0.4) is 0 Å². The minimum Gasteiger partial charge on any atom is -0.549 e. The lowest BCUT2D eigenvalue weighted by Gasteiger charge is -2.17. The van der Waals surface area contributed by atoms with Crippen LogP contribution in [0, 0.1) is 0 Å². The molecule has 0 saturated heterocycles. The molecule has 0 aliphatic carbocycles. The smallest absolute Gasteiger partial charge is 0.218 e. The molecule has 0 bridgehead atoms. The number of carbonyl (C=O) groups is 2. The molecule has 5 nitrogen and oxygen atoms in total. The Morgan fingerprint density at radius 2 is 1.86 bits per heavy atom. The first-order chi connectivity index (χ1) is 10.0. The molecule has 0 unspecified atom stereocenters. The van der Waals surface area contributed by atoms with Crippen molar-refractivity contribution in [2.45, 2.75) is 44.9 Å². The molecular formula is C16H22NO4-. The first kappa shape index (κ1) is 17.0. The number of primary amides is 1. The van der Waals surface area contributed by atoms with Gasteiger partial charge in [-0.2, -0.15) is 0 Å². The van der Waals surface area contributed by atoms with Crippen LogP contribution in [0.5, 0.6) is 5.75 Å². The molecule has 0 radical (unpaired) electrons. The average Bonchev–Trinajstić information content (AvgIpc) is 2.45. The van der Waals surface area contributed by atoms with Crippen LogP contribution in [-0.2, 0) is 9.59 Å². The fourth-order valence-corrected chi connectivity index (χ4v) is 2.05. The van der Waals surface area contributed by atoms with Gasteiger partial charge in [-0.15, -0.1) is 0 Å². The zero-order valence-corrected chi connectivity index (χ0v) is 12.3. The summed E-state index contributed by atoms with van der Waals surface area (Å²) < 4.78 is 5.57. The molecular weight excluding hydrogens is 270 g/mol. The predicted molar refractivity (Wildman–Crippen MR) is 77.6 cm³/mol. The van der Waals surface area contributed by atoms with E-state index in [1.165, 1.54) is 12.8 Å². The minimum atomic E-state index is -1.30. The third kappa shape index (κ3) is 6.29. The molecule has 0 aliphatic rings.